The highest BCUT2D eigenvalue weighted by Gasteiger charge is 2.24. The van der Waals surface area contributed by atoms with E-state index < -0.39 is 0 Å². The van der Waals surface area contributed by atoms with Gasteiger partial charge in [-0.15, -0.1) is 0 Å². The van der Waals surface area contributed by atoms with E-state index in [1.54, 1.807) is 0 Å². The van der Waals surface area contributed by atoms with Gasteiger partial charge in [0.2, 0.25) is 0 Å². The van der Waals surface area contributed by atoms with Gasteiger partial charge in [-0.25, -0.2) is 0 Å². The Kier molecular flexibility index (Phi) is 7.10. The van der Waals surface area contributed by atoms with Crippen LogP contribution in [0.4, 0.5) is 0 Å². The second-order valence-electron chi connectivity index (χ2n) is 10.9. The van der Waals surface area contributed by atoms with Gasteiger partial charge in [0.05, 0.1) is 0 Å². The third kappa shape index (κ3) is 6.15. The molecule has 0 amide bonds. The van der Waals surface area contributed by atoms with Gasteiger partial charge in [-0.1, -0.05) is 112 Å². The van der Waals surface area contributed by atoms with E-state index in [-0.39, 0.29) is 10.8 Å². The number of halogens is 1. The lowest BCUT2D eigenvalue weighted by Gasteiger charge is -2.26. The van der Waals surface area contributed by atoms with Crippen molar-refractivity contribution in [2.24, 2.45) is 0 Å². The molecule has 0 aliphatic heterocycles. The molecule has 2 nitrogen and oxygen atoms in total. The molecule has 0 N–H and O–H groups in total. The minimum Gasteiger partial charge on any atom is -0.457 e. The summed E-state index contributed by atoms with van der Waals surface area (Å²) in [4.78, 5) is 0. The quantitative estimate of drug-likeness (QED) is 0.256. The molecule has 0 spiro atoms. The van der Waals surface area contributed by atoms with Gasteiger partial charge < -0.3 is 9.47 Å². The molecule has 4 aromatic carbocycles. The highest BCUT2D eigenvalue weighted by Crippen LogP contribution is 2.42. The van der Waals surface area contributed by atoms with Gasteiger partial charge in [-0.05, 0) is 57.9 Å². The average Bonchev–Trinajstić information content (AvgIpc) is 2.78. The summed E-state index contributed by atoms with van der Waals surface area (Å²) >= 11 is 3.64. The van der Waals surface area contributed by atoms with Crippen LogP contribution in [0, 0.1) is 0 Å². The number of rotatable bonds is 5. The molecule has 180 valence electrons. The van der Waals surface area contributed by atoms with E-state index in [1.165, 1.54) is 22.3 Å². The summed E-state index contributed by atoms with van der Waals surface area (Å²) in [6.45, 7) is 13.3. The van der Waals surface area contributed by atoms with Crippen molar-refractivity contribution in [3.63, 3.8) is 0 Å². The van der Waals surface area contributed by atoms with Crippen molar-refractivity contribution in [3.8, 4) is 34.1 Å². The van der Waals surface area contributed by atoms with E-state index in [2.05, 4.69) is 106 Å². The molecule has 0 aromatic heterocycles. The van der Waals surface area contributed by atoms with Crippen LogP contribution in [-0.2, 0) is 10.8 Å². The molecule has 0 fully saturated rings. The van der Waals surface area contributed by atoms with Crippen molar-refractivity contribution in [2.45, 2.75) is 52.4 Å². The largest absolute Gasteiger partial charge is 0.457 e. The summed E-state index contributed by atoms with van der Waals surface area (Å²) < 4.78 is 13.7. The predicted molar refractivity (Wildman–Crippen MR) is 150 cm³/mol. The van der Waals surface area contributed by atoms with E-state index >= 15 is 0 Å². The zero-order valence-corrected chi connectivity index (χ0v) is 22.9. The highest BCUT2D eigenvalue weighted by atomic mass is 79.9. The van der Waals surface area contributed by atoms with Gasteiger partial charge in [-0.3, -0.25) is 0 Å². The topological polar surface area (TPSA) is 18.5 Å². The van der Waals surface area contributed by atoms with Gasteiger partial charge >= 0.3 is 0 Å². The van der Waals surface area contributed by atoms with E-state index in [4.69, 9.17) is 9.47 Å². The Labute approximate surface area is 218 Å². The number of ether oxygens (including phenoxy) is 2. The molecule has 0 atom stereocenters. The predicted octanol–water partition coefficient (Wildman–Crippen LogP) is 10.3. The Morgan fingerprint density at radius 2 is 1.23 bits per heavy atom. The fraction of sp³-hybridized carbons (Fsp3) is 0.250. The maximum absolute atomic E-state index is 6.53. The summed E-state index contributed by atoms with van der Waals surface area (Å²) in [7, 11) is 0. The molecule has 4 aromatic rings. The Morgan fingerprint density at radius 1 is 0.571 bits per heavy atom. The standard InChI is InChI=1S/C32H33BrO2/c1-31(2,3)23-14-10-15-25(18-23)34-26-19-24(33)20-27(21-26)35-29-17-11-16-28(30(29)32(4,5)6)22-12-8-7-9-13-22/h7-21H,1-6H3. The zero-order chi connectivity index (χ0) is 25.2. The summed E-state index contributed by atoms with van der Waals surface area (Å²) in [5.74, 6) is 3.09. The summed E-state index contributed by atoms with van der Waals surface area (Å²) in [5.41, 5.74) is 4.71. The Balaban J connectivity index is 1.69. The van der Waals surface area contributed by atoms with Crippen LogP contribution in [0.2, 0.25) is 0 Å². The minimum atomic E-state index is -0.111. The van der Waals surface area contributed by atoms with Crippen LogP contribution in [-0.4, -0.2) is 0 Å². The highest BCUT2D eigenvalue weighted by molar-refractivity contribution is 9.10. The molecule has 0 radical (unpaired) electrons. The van der Waals surface area contributed by atoms with Crippen molar-refractivity contribution < 1.29 is 9.47 Å². The first kappa shape index (κ1) is 25.1. The SMILES string of the molecule is CC(C)(C)c1cccc(Oc2cc(Br)cc(Oc3cccc(-c4ccccc4)c3C(C)(C)C)c2)c1. The van der Waals surface area contributed by atoms with Gasteiger partial charge in [0, 0.05) is 16.1 Å². The number of hydrogen-bond acceptors (Lipinski definition) is 2. The van der Waals surface area contributed by atoms with E-state index in [1.807, 2.05) is 42.5 Å². The third-order valence-corrected chi connectivity index (χ3v) is 6.33. The molecule has 3 heteroatoms. The smallest absolute Gasteiger partial charge is 0.132 e. The van der Waals surface area contributed by atoms with Crippen molar-refractivity contribution in [2.75, 3.05) is 0 Å². The fourth-order valence-electron chi connectivity index (χ4n) is 4.19. The first-order valence-electron chi connectivity index (χ1n) is 12.0. The lowest BCUT2D eigenvalue weighted by atomic mass is 9.81. The second-order valence-corrected chi connectivity index (χ2v) is 11.8. The van der Waals surface area contributed by atoms with E-state index in [9.17, 15) is 0 Å². The number of hydrogen-bond donors (Lipinski definition) is 0. The molecule has 4 rings (SSSR count). The van der Waals surface area contributed by atoms with Crippen LogP contribution in [0.15, 0.2) is 95.5 Å². The molecule has 0 aliphatic rings. The third-order valence-electron chi connectivity index (χ3n) is 5.87. The van der Waals surface area contributed by atoms with Crippen molar-refractivity contribution >= 4 is 15.9 Å². The molecule has 0 saturated carbocycles. The molecular weight excluding hydrogens is 496 g/mol. The fourth-order valence-corrected chi connectivity index (χ4v) is 4.64. The van der Waals surface area contributed by atoms with E-state index in [0.717, 1.165) is 27.5 Å². The summed E-state index contributed by atoms with van der Waals surface area (Å²) in [6.07, 6.45) is 0. The van der Waals surface area contributed by atoms with Crippen LogP contribution in [0.5, 0.6) is 23.0 Å². The Morgan fingerprint density at radius 3 is 1.89 bits per heavy atom. The van der Waals surface area contributed by atoms with Crippen LogP contribution in [0.1, 0.15) is 52.7 Å². The van der Waals surface area contributed by atoms with Crippen LogP contribution >= 0.6 is 15.9 Å². The molecule has 0 bridgehead atoms. The molecule has 0 heterocycles. The first-order chi connectivity index (χ1) is 16.5. The summed E-state index contributed by atoms with van der Waals surface area (Å²) in [6, 6.07) is 30.9. The monoisotopic (exact) mass is 528 g/mol. The average molecular weight is 530 g/mol. The van der Waals surface area contributed by atoms with Gasteiger partial charge in [-0.2, -0.15) is 0 Å². The summed E-state index contributed by atoms with van der Waals surface area (Å²) in [5, 5.41) is 0. The normalized spacial score (nSPS) is 11.9. The van der Waals surface area contributed by atoms with Gasteiger partial charge in [0.25, 0.3) is 0 Å². The van der Waals surface area contributed by atoms with Crippen molar-refractivity contribution in [1.29, 1.82) is 0 Å². The maximum atomic E-state index is 6.53. The van der Waals surface area contributed by atoms with Gasteiger partial charge in [0.1, 0.15) is 23.0 Å². The molecule has 35 heavy (non-hydrogen) atoms. The molecule has 0 unspecified atom stereocenters. The van der Waals surface area contributed by atoms with Crippen LogP contribution in [0.25, 0.3) is 11.1 Å². The Hall–Kier alpha value is -3.04. The Bertz CT molecular complexity index is 1310. The molecule has 0 saturated heterocycles. The molecule has 0 aliphatic carbocycles. The van der Waals surface area contributed by atoms with Crippen molar-refractivity contribution in [1.82, 2.24) is 0 Å². The van der Waals surface area contributed by atoms with Crippen LogP contribution in [0.3, 0.4) is 0 Å². The first-order valence-corrected chi connectivity index (χ1v) is 12.8. The van der Waals surface area contributed by atoms with Gasteiger partial charge in [0.15, 0.2) is 0 Å². The number of benzene rings is 4. The lowest BCUT2D eigenvalue weighted by Crippen LogP contribution is -2.14. The zero-order valence-electron chi connectivity index (χ0n) is 21.4. The molecular formula is C32H33BrO2. The van der Waals surface area contributed by atoms with Crippen molar-refractivity contribution in [3.05, 3.63) is 107 Å². The van der Waals surface area contributed by atoms with Crippen LogP contribution < -0.4 is 9.47 Å². The maximum Gasteiger partial charge on any atom is 0.132 e. The minimum absolute atomic E-state index is 0.0536. The lowest BCUT2D eigenvalue weighted by molar-refractivity contribution is 0.444. The second kappa shape index (κ2) is 9.91. The van der Waals surface area contributed by atoms with E-state index in [0.29, 0.717) is 0 Å².